The maximum Gasteiger partial charge on any atom is 0.346 e. The third-order valence-electron chi connectivity index (χ3n) is 6.15. The molecular weight excluding hydrogens is 370 g/mol. The van der Waals surface area contributed by atoms with Crippen LogP contribution in [0, 0.1) is 24.2 Å². The number of imidazole rings is 1. The van der Waals surface area contributed by atoms with Gasteiger partial charge in [-0.1, -0.05) is 6.92 Å². The van der Waals surface area contributed by atoms with E-state index < -0.39 is 0 Å². The lowest BCUT2D eigenvalue weighted by molar-refractivity contribution is 0.136. The molecule has 1 fully saturated rings. The van der Waals surface area contributed by atoms with Gasteiger partial charge in [0.1, 0.15) is 28.7 Å². The molecule has 0 aromatic carbocycles. The highest BCUT2D eigenvalue weighted by Gasteiger charge is 2.34. The van der Waals surface area contributed by atoms with Gasteiger partial charge in [-0.2, -0.15) is 0 Å². The lowest BCUT2D eigenvalue weighted by Gasteiger charge is -2.37. The van der Waals surface area contributed by atoms with Crippen LogP contribution in [0.25, 0.3) is 17.2 Å². The molecule has 0 saturated heterocycles. The number of H-pyrrole nitrogens is 1. The maximum absolute atomic E-state index is 12.1. The molecule has 1 aliphatic heterocycles. The van der Waals surface area contributed by atoms with Gasteiger partial charge in [0.15, 0.2) is 11.1 Å². The Morgan fingerprint density at radius 3 is 3.14 bits per heavy atom. The molecule has 150 valence electrons. The third-order valence-corrected chi connectivity index (χ3v) is 6.15. The summed E-state index contributed by atoms with van der Waals surface area (Å²) in [6, 6.07) is 1.80. The molecule has 3 atom stereocenters. The Balaban J connectivity index is 1.36. The van der Waals surface area contributed by atoms with E-state index >= 15 is 0 Å². The van der Waals surface area contributed by atoms with E-state index in [1.165, 1.54) is 5.57 Å². The van der Waals surface area contributed by atoms with Crippen molar-refractivity contribution < 1.29 is 9.15 Å². The summed E-state index contributed by atoms with van der Waals surface area (Å²) in [5.74, 6) is 2.07. The quantitative estimate of drug-likeness (QED) is 0.711. The highest BCUT2D eigenvalue weighted by atomic mass is 16.5. The van der Waals surface area contributed by atoms with Crippen LogP contribution in [0.4, 0.5) is 0 Å². The van der Waals surface area contributed by atoms with Crippen molar-refractivity contribution in [3.05, 3.63) is 51.5 Å². The van der Waals surface area contributed by atoms with Gasteiger partial charge in [0.2, 0.25) is 0 Å². The number of hydrogen-bond donors (Lipinski definition) is 2. The van der Waals surface area contributed by atoms with Crippen molar-refractivity contribution in [3.8, 4) is 5.75 Å². The normalized spacial score (nSPS) is 21.8. The van der Waals surface area contributed by atoms with Crippen molar-refractivity contribution in [1.29, 1.82) is 5.41 Å². The van der Waals surface area contributed by atoms with Crippen LogP contribution in [0.3, 0.4) is 0 Å². The molecule has 0 bridgehead atoms. The molecule has 8 nitrogen and oxygen atoms in total. The van der Waals surface area contributed by atoms with Crippen molar-refractivity contribution in [3.63, 3.8) is 0 Å². The van der Waals surface area contributed by atoms with Gasteiger partial charge in [-0.15, -0.1) is 0 Å². The lowest BCUT2D eigenvalue weighted by atomic mass is 9.76. The largest absolute Gasteiger partial charge is 0.485 e. The first-order chi connectivity index (χ1) is 14.0. The summed E-state index contributed by atoms with van der Waals surface area (Å²) in [5, 5.41) is 7.90. The predicted octanol–water partition coefficient (Wildman–Crippen LogP) is 2.78. The topological polar surface area (TPSA) is 110 Å². The average molecular weight is 393 g/mol. The molecule has 0 spiro atoms. The number of ether oxygens (including phenoxy) is 1. The first-order valence-electron chi connectivity index (χ1n) is 9.94. The second-order valence-corrected chi connectivity index (χ2v) is 8.11. The Bertz CT molecular complexity index is 1240. The molecule has 4 heterocycles. The number of fused-ring (bicyclic) bond motifs is 3. The summed E-state index contributed by atoms with van der Waals surface area (Å²) in [6.07, 6.45) is 8.16. The van der Waals surface area contributed by atoms with Crippen molar-refractivity contribution in [2.24, 2.45) is 11.8 Å². The smallest absolute Gasteiger partial charge is 0.346 e. The molecule has 3 unspecified atom stereocenters. The Kier molecular flexibility index (Phi) is 4.15. The summed E-state index contributed by atoms with van der Waals surface area (Å²) >= 11 is 0. The number of hydrogen-bond acceptors (Lipinski definition) is 6. The Labute approximate surface area is 166 Å². The maximum atomic E-state index is 12.1. The molecule has 29 heavy (non-hydrogen) atoms. The van der Waals surface area contributed by atoms with E-state index in [0.29, 0.717) is 34.4 Å². The Morgan fingerprint density at radius 2 is 2.28 bits per heavy atom. The van der Waals surface area contributed by atoms with Crippen LogP contribution in [0.2, 0.25) is 0 Å². The molecule has 2 aliphatic rings. The van der Waals surface area contributed by atoms with Gasteiger partial charge < -0.3 is 18.7 Å². The van der Waals surface area contributed by atoms with E-state index in [-0.39, 0.29) is 17.2 Å². The molecule has 3 aromatic rings. The Hall–Kier alpha value is -3.16. The molecular formula is C21H23N5O3. The van der Waals surface area contributed by atoms with E-state index in [1.54, 1.807) is 25.6 Å². The second kappa shape index (κ2) is 6.72. The van der Waals surface area contributed by atoms with Gasteiger partial charge in [-0.05, 0) is 49.7 Å². The third kappa shape index (κ3) is 3.08. The SMILES string of the molecule is Cc1cc2c(c(=O)o1)C=C1CCC(C(C)Cn3cnc(=N)c4[nH]cnc43)CC1O2. The number of nitrogens with one attached hydrogen (secondary N) is 2. The van der Waals surface area contributed by atoms with Crippen LogP contribution in [-0.2, 0) is 6.54 Å². The monoisotopic (exact) mass is 393 g/mol. The Morgan fingerprint density at radius 1 is 1.41 bits per heavy atom. The number of aryl methyl sites for hydroxylation is 1. The van der Waals surface area contributed by atoms with E-state index in [2.05, 4.69) is 21.9 Å². The van der Waals surface area contributed by atoms with Crippen LogP contribution in [0.1, 0.15) is 37.5 Å². The summed E-state index contributed by atoms with van der Waals surface area (Å²) in [4.78, 5) is 23.6. The van der Waals surface area contributed by atoms with E-state index in [1.807, 2.05) is 10.6 Å². The molecule has 5 rings (SSSR count). The van der Waals surface area contributed by atoms with Gasteiger partial charge in [0.25, 0.3) is 0 Å². The minimum atomic E-state index is -0.328. The second-order valence-electron chi connectivity index (χ2n) is 8.11. The molecule has 0 amide bonds. The first kappa shape index (κ1) is 17.9. The predicted molar refractivity (Wildman–Crippen MR) is 106 cm³/mol. The van der Waals surface area contributed by atoms with E-state index in [9.17, 15) is 4.79 Å². The van der Waals surface area contributed by atoms with Gasteiger partial charge in [-0.25, -0.2) is 14.8 Å². The molecule has 2 N–H and O–H groups in total. The lowest BCUT2D eigenvalue weighted by Crippen LogP contribution is -2.34. The summed E-state index contributed by atoms with van der Waals surface area (Å²) in [6.45, 7) is 4.79. The van der Waals surface area contributed by atoms with Crippen LogP contribution in [0.15, 0.2) is 33.5 Å². The fraction of sp³-hybridized carbons (Fsp3) is 0.429. The van der Waals surface area contributed by atoms with Gasteiger partial charge in [0.05, 0.1) is 12.7 Å². The highest BCUT2D eigenvalue weighted by Crippen LogP contribution is 2.40. The molecule has 1 aliphatic carbocycles. The first-order valence-corrected chi connectivity index (χ1v) is 9.94. The summed E-state index contributed by atoms with van der Waals surface area (Å²) in [7, 11) is 0. The molecule has 3 aromatic heterocycles. The zero-order valence-electron chi connectivity index (χ0n) is 16.4. The van der Waals surface area contributed by atoms with E-state index in [0.717, 1.165) is 31.5 Å². The van der Waals surface area contributed by atoms with Gasteiger partial charge in [-0.3, -0.25) is 5.41 Å². The number of rotatable bonds is 3. The molecule has 0 radical (unpaired) electrons. The van der Waals surface area contributed by atoms with Crippen molar-refractivity contribution in [1.82, 2.24) is 19.5 Å². The van der Waals surface area contributed by atoms with Crippen molar-refractivity contribution in [2.75, 3.05) is 0 Å². The van der Waals surface area contributed by atoms with Gasteiger partial charge >= 0.3 is 5.63 Å². The molecule has 1 saturated carbocycles. The number of nitrogens with zero attached hydrogens (tertiary/aromatic N) is 3. The van der Waals surface area contributed by atoms with Crippen molar-refractivity contribution in [2.45, 2.75) is 45.8 Å². The standard InChI is InChI=1S/C21H23N5O3/c1-11(8-26-10-25-19(22)18-20(26)24-9-23-18)13-3-4-14-6-15-17(29-16(14)7-13)5-12(2)28-21(15)27/h5-6,9-11,13,16,22H,3-4,7-8H2,1-2H3,(H,23,24). The van der Waals surface area contributed by atoms with E-state index in [4.69, 9.17) is 14.6 Å². The summed E-state index contributed by atoms with van der Waals surface area (Å²) < 4.78 is 13.4. The fourth-order valence-corrected chi connectivity index (χ4v) is 4.54. The van der Waals surface area contributed by atoms with Crippen LogP contribution < -0.4 is 15.9 Å². The zero-order chi connectivity index (χ0) is 20.1. The van der Waals surface area contributed by atoms with Crippen molar-refractivity contribution >= 4 is 17.2 Å². The zero-order valence-corrected chi connectivity index (χ0v) is 16.4. The minimum Gasteiger partial charge on any atom is -0.485 e. The minimum absolute atomic E-state index is 0.00838. The number of aromatic amines is 1. The number of aromatic nitrogens is 4. The van der Waals surface area contributed by atoms with Crippen LogP contribution in [-0.4, -0.2) is 25.6 Å². The average Bonchev–Trinajstić information content (AvgIpc) is 3.19. The van der Waals surface area contributed by atoms with Crippen LogP contribution >= 0.6 is 0 Å². The molecule has 8 heteroatoms. The fourth-order valence-electron chi connectivity index (χ4n) is 4.54. The summed E-state index contributed by atoms with van der Waals surface area (Å²) in [5.41, 5.74) is 3.02. The highest BCUT2D eigenvalue weighted by molar-refractivity contribution is 5.68. The van der Waals surface area contributed by atoms with Crippen LogP contribution in [0.5, 0.6) is 5.75 Å². The van der Waals surface area contributed by atoms with Gasteiger partial charge in [0, 0.05) is 12.6 Å².